The number of fused-ring (bicyclic) bond motifs is 2. The van der Waals surface area contributed by atoms with E-state index in [4.69, 9.17) is 10.00 Å². The second kappa shape index (κ2) is 9.12. The molecule has 0 radical (unpaired) electrons. The average Bonchev–Trinajstić information content (AvgIpc) is 2.76. The van der Waals surface area contributed by atoms with Crippen molar-refractivity contribution in [1.82, 2.24) is 15.3 Å². The SMILES string of the molecule is N#Cc1ccc(-c2cc(OCC(=O)NCC3CC4CCCC(C4)C3)nc(=O)[nH]2)cc1. The fourth-order valence-corrected chi connectivity index (χ4v) is 4.87. The molecule has 7 heteroatoms. The lowest BCUT2D eigenvalue weighted by Crippen LogP contribution is -2.37. The summed E-state index contributed by atoms with van der Waals surface area (Å²) in [5.74, 6) is 2.11. The summed E-state index contributed by atoms with van der Waals surface area (Å²) in [7, 11) is 0. The van der Waals surface area contributed by atoms with Crippen LogP contribution < -0.4 is 15.7 Å². The molecule has 0 saturated heterocycles. The minimum atomic E-state index is -0.555. The minimum Gasteiger partial charge on any atom is -0.467 e. The number of H-pyrrole nitrogens is 1. The van der Waals surface area contributed by atoms with Crippen LogP contribution in [0, 0.1) is 29.1 Å². The summed E-state index contributed by atoms with van der Waals surface area (Å²) in [5.41, 5.74) is 1.22. The molecule has 2 aliphatic carbocycles. The predicted octanol–water partition coefficient (Wildman–Crippen LogP) is 3.02. The van der Waals surface area contributed by atoms with Gasteiger partial charge in [-0.25, -0.2) is 4.79 Å². The molecule has 1 aromatic heterocycles. The van der Waals surface area contributed by atoms with Gasteiger partial charge in [-0.05, 0) is 54.7 Å². The van der Waals surface area contributed by atoms with Crippen LogP contribution in [0.3, 0.4) is 0 Å². The summed E-state index contributed by atoms with van der Waals surface area (Å²) < 4.78 is 5.47. The van der Waals surface area contributed by atoms with Gasteiger partial charge in [0.25, 0.3) is 5.91 Å². The maximum absolute atomic E-state index is 12.2. The molecule has 2 N–H and O–H groups in total. The Hall–Kier alpha value is -3.14. The summed E-state index contributed by atoms with van der Waals surface area (Å²) in [5, 5.41) is 11.9. The number of hydrogen-bond acceptors (Lipinski definition) is 5. The van der Waals surface area contributed by atoms with Gasteiger partial charge in [0.1, 0.15) is 0 Å². The number of aromatic nitrogens is 2. The van der Waals surface area contributed by atoms with Gasteiger partial charge in [0.2, 0.25) is 5.88 Å². The van der Waals surface area contributed by atoms with E-state index in [-0.39, 0.29) is 18.4 Å². The van der Waals surface area contributed by atoms with E-state index < -0.39 is 5.69 Å². The molecule has 2 aromatic rings. The Kier molecular flexibility index (Phi) is 6.12. The summed E-state index contributed by atoms with van der Waals surface area (Å²) >= 11 is 0. The third-order valence-corrected chi connectivity index (χ3v) is 6.21. The number of hydrogen-bond donors (Lipinski definition) is 2. The van der Waals surface area contributed by atoms with Crippen LogP contribution in [0.15, 0.2) is 35.1 Å². The summed E-state index contributed by atoms with van der Waals surface area (Å²) in [6.07, 6.45) is 7.81. The first-order chi connectivity index (χ1) is 14.6. The Morgan fingerprint density at radius 2 is 1.93 bits per heavy atom. The van der Waals surface area contributed by atoms with Crippen molar-refractivity contribution in [3.05, 3.63) is 46.4 Å². The van der Waals surface area contributed by atoms with E-state index in [0.717, 1.165) is 17.4 Å². The molecule has 4 rings (SSSR count). The van der Waals surface area contributed by atoms with Gasteiger partial charge in [-0.3, -0.25) is 4.79 Å². The number of nitrogens with one attached hydrogen (secondary N) is 2. The molecular weight excluding hydrogens is 380 g/mol. The van der Waals surface area contributed by atoms with Crippen molar-refractivity contribution in [2.24, 2.45) is 17.8 Å². The van der Waals surface area contributed by atoms with Crippen molar-refractivity contribution >= 4 is 5.91 Å². The highest BCUT2D eigenvalue weighted by molar-refractivity contribution is 5.77. The highest BCUT2D eigenvalue weighted by Gasteiger charge is 2.31. The van der Waals surface area contributed by atoms with E-state index in [1.54, 1.807) is 30.3 Å². The molecule has 7 nitrogen and oxygen atoms in total. The molecule has 2 bridgehead atoms. The number of aromatic amines is 1. The van der Waals surface area contributed by atoms with Gasteiger partial charge in [0.05, 0.1) is 17.3 Å². The highest BCUT2D eigenvalue weighted by Crippen LogP contribution is 2.42. The molecule has 156 valence electrons. The van der Waals surface area contributed by atoms with Gasteiger partial charge >= 0.3 is 5.69 Å². The zero-order valence-electron chi connectivity index (χ0n) is 16.9. The van der Waals surface area contributed by atoms with Gasteiger partial charge in [-0.15, -0.1) is 0 Å². The topological polar surface area (TPSA) is 108 Å². The van der Waals surface area contributed by atoms with Crippen molar-refractivity contribution in [2.45, 2.75) is 38.5 Å². The van der Waals surface area contributed by atoms with Crippen LogP contribution in [0.4, 0.5) is 0 Å². The first-order valence-electron chi connectivity index (χ1n) is 10.6. The molecular formula is C23H26N4O3. The van der Waals surface area contributed by atoms with Gasteiger partial charge in [-0.2, -0.15) is 10.2 Å². The third-order valence-electron chi connectivity index (χ3n) is 6.21. The van der Waals surface area contributed by atoms with Crippen LogP contribution in [0.2, 0.25) is 0 Å². The number of benzene rings is 1. The molecule has 1 amide bonds. The quantitative estimate of drug-likeness (QED) is 0.767. The zero-order chi connectivity index (χ0) is 20.9. The molecule has 2 unspecified atom stereocenters. The standard InChI is InChI=1S/C23H26N4O3/c24-12-15-4-6-19(7-5-15)20-11-22(27-23(29)26-20)30-14-21(28)25-13-18-9-16-2-1-3-17(8-16)10-18/h4-7,11,16-18H,1-3,8-10,13-14H2,(H,25,28)(H,26,27,29). The van der Waals surface area contributed by atoms with E-state index in [1.807, 2.05) is 0 Å². The first kappa shape index (κ1) is 20.1. The molecule has 2 atom stereocenters. The lowest BCUT2D eigenvalue weighted by molar-refractivity contribution is -0.123. The highest BCUT2D eigenvalue weighted by atomic mass is 16.5. The van der Waals surface area contributed by atoms with Crippen LogP contribution in [0.1, 0.15) is 44.1 Å². The number of ether oxygens (including phenoxy) is 1. The molecule has 2 saturated carbocycles. The fourth-order valence-electron chi connectivity index (χ4n) is 4.87. The summed E-state index contributed by atoms with van der Waals surface area (Å²) in [6, 6.07) is 10.4. The first-order valence-corrected chi connectivity index (χ1v) is 10.6. The molecule has 2 fully saturated rings. The number of carbonyl (C=O) groups excluding carboxylic acids is 1. The monoisotopic (exact) mass is 406 g/mol. The molecule has 1 aromatic carbocycles. The summed E-state index contributed by atoms with van der Waals surface area (Å²) in [6.45, 7) is 0.511. The van der Waals surface area contributed by atoms with E-state index in [0.29, 0.717) is 23.7 Å². The van der Waals surface area contributed by atoms with Crippen LogP contribution in [-0.2, 0) is 4.79 Å². The van der Waals surface area contributed by atoms with Crippen LogP contribution in [-0.4, -0.2) is 29.0 Å². The molecule has 0 spiro atoms. The maximum Gasteiger partial charge on any atom is 0.348 e. The lowest BCUT2D eigenvalue weighted by atomic mass is 9.68. The largest absolute Gasteiger partial charge is 0.467 e. The number of nitriles is 1. The molecule has 2 aliphatic rings. The van der Waals surface area contributed by atoms with Gasteiger partial charge < -0.3 is 15.0 Å². The Labute approximate surface area is 175 Å². The second-order valence-electron chi connectivity index (χ2n) is 8.46. The number of rotatable bonds is 6. The van der Waals surface area contributed by atoms with Gasteiger partial charge in [-0.1, -0.05) is 31.4 Å². The fraction of sp³-hybridized carbons (Fsp3) is 0.478. The zero-order valence-corrected chi connectivity index (χ0v) is 16.9. The summed E-state index contributed by atoms with van der Waals surface area (Å²) in [4.78, 5) is 30.6. The number of nitrogens with zero attached hydrogens (tertiary/aromatic N) is 2. The van der Waals surface area contributed by atoms with Crippen molar-refractivity contribution < 1.29 is 9.53 Å². The molecule has 30 heavy (non-hydrogen) atoms. The van der Waals surface area contributed by atoms with E-state index >= 15 is 0 Å². The Balaban J connectivity index is 1.31. The van der Waals surface area contributed by atoms with Gasteiger partial charge in [0.15, 0.2) is 6.61 Å². The van der Waals surface area contributed by atoms with E-state index in [9.17, 15) is 9.59 Å². The molecule has 1 heterocycles. The smallest absolute Gasteiger partial charge is 0.348 e. The average molecular weight is 406 g/mol. The Morgan fingerprint density at radius 1 is 1.20 bits per heavy atom. The van der Waals surface area contributed by atoms with Crippen LogP contribution >= 0.6 is 0 Å². The van der Waals surface area contributed by atoms with Gasteiger partial charge in [0, 0.05) is 12.6 Å². The number of carbonyl (C=O) groups is 1. The maximum atomic E-state index is 12.2. The predicted molar refractivity (Wildman–Crippen MR) is 112 cm³/mol. The van der Waals surface area contributed by atoms with Crippen LogP contribution in [0.25, 0.3) is 11.3 Å². The third kappa shape index (κ3) is 5.07. The second-order valence-corrected chi connectivity index (χ2v) is 8.46. The van der Waals surface area contributed by atoms with Crippen molar-refractivity contribution in [2.75, 3.05) is 13.2 Å². The van der Waals surface area contributed by atoms with E-state index in [1.165, 1.54) is 38.5 Å². The van der Waals surface area contributed by atoms with Crippen molar-refractivity contribution in [3.8, 4) is 23.2 Å². The van der Waals surface area contributed by atoms with Crippen molar-refractivity contribution in [1.29, 1.82) is 5.26 Å². The Morgan fingerprint density at radius 3 is 2.63 bits per heavy atom. The van der Waals surface area contributed by atoms with Crippen molar-refractivity contribution in [3.63, 3.8) is 0 Å². The number of amides is 1. The Bertz CT molecular complexity index is 981. The molecule has 0 aliphatic heterocycles. The lowest BCUT2D eigenvalue weighted by Gasteiger charge is -2.39. The normalized spacial score (nSPS) is 22.7. The minimum absolute atomic E-state index is 0.0976. The van der Waals surface area contributed by atoms with E-state index in [2.05, 4.69) is 21.4 Å². The van der Waals surface area contributed by atoms with Crippen LogP contribution in [0.5, 0.6) is 5.88 Å².